The van der Waals surface area contributed by atoms with Gasteiger partial charge in [0.1, 0.15) is 17.2 Å². The Balaban J connectivity index is 1.48. The van der Waals surface area contributed by atoms with Gasteiger partial charge in [0.2, 0.25) is 5.89 Å². The number of benzene rings is 3. The predicted octanol–water partition coefficient (Wildman–Crippen LogP) is 7.15. The van der Waals surface area contributed by atoms with Gasteiger partial charge in [-0.1, -0.05) is 42.5 Å². The number of nitrogens with zero attached hydrogens (tertiary/aromatic N) is 4. The molecule has 0 aliphatic rings. The molecule has 33 heavy (non-hydrogen) atoms. The summed E-state index contributed by atoms with van der Waals surface area (Å²) in [6.45, 7) is 0. The third-order valence-electron chi connectivity index (χ3n) is 5.48. The van der Waals surface area contributed by atoms with E-state index in [0.717, 1.165) is 39.7 Å². The molecule has 0 fully saturated rings. The molecule has 158 valence electrons. The molecule has 0 saturated heterocycles. The lowest BCUT2D eigenvalue weighted by Gasteiger charge is -2.25. The molecule has 0 N–H and O–H groups in total. The average Bonchev–Trinajstić information content (AvgIpc) is 3.56. The first-order valence-electron chi connectivity index (χ1n) is 10.8. The second-order valence-corrected chi connectivity index (χ2v) is 7.65. The molecule has 0 spiro atoms. The van der Waals surface area contributed by atoms with Crippen LogP contribution in [0.5, 0.6) is 0 Å². The number of anilines is 3. The van der Waals surface area contributed by atoms with E-state index in [4.69, 9.17) is 9.40 Å². The smallest absolute Gasteiger partial charge is 0.227 e. The standard InChI is InChI=1S/C28H20N4O/c1-2-11-22(12-3-1)32(27-17-9-16-26(30-27)31-18-6-7-19-31)23-13-8-10-21(20-23)28-29-24-14-4-5-15-25(24)33-28/h1-20H. The summed E-state index contributed by atoms with van der Waals surface area (Å²) in [5.41, 5.74) is 4.52. The summed E-state index contributed by atoms with van der Waals surface area (Å²) in [4.78, 5) is 11.8. The molecule has 3 heterocycles. The van der Waals surface area contributed by atoms with E-state index in [2.05, 4.69) is 34.1 Å². The minimum absolute atomic E-state index is 0.597. The fourth-order valence-corrected chi connectivity index (χ4v) is 3.93. The minimum Gasteiger partial charge on any atom is -0.436 e. The van der Waals surface area contributed by atoms with Gasteiger partial charge in [-0.15, -0.1) is 0 Å². The molecule has 6 aromatic rings. The lowest BCUT2D eigenvalue weighted by Crippen LogP contribution is -2.12. The van der Waals surface area contributed by atoms with Crippen LogP contribution in [0.2, 0.25) is 0 Å². The molecule has 0 atom stereocenters. The van der Waals surface area contributed by atoms with Crippen molar-refractivity contribution in [1.82, 2.24) is 14.5 Å². The van der Waals surface area contributed by atoms with Gasteiger partial charge in [-0.25, -0.2) is 9.97 Å². The molecule has 0 unspecified atom stereocenters. The molecular weight excluding hydrogens is 408 g/mol. The number of aromatic nitrogens is 3. The van der Waals surface area contributed by atoms with Crippen LogP contribution in [0.25, 0.3) is 28.4 Å². The number of pyridine rings is 1. The van der Waals surface area contributed by atoms with E-state index >= 15 is 0 Å². The number of para-hydroxylation sites is 3. The Labute approximate surface area is 191 Å². The molecular formula is C28H20N4O. The molecule has 0 amide bonds. The van der Waals surface area contributed by atoms with Gasteiger partial charge >= 0.3 is 0 Å². The van der Waals surface area contributed by atoms with Crippen molar-refractivity contribution in [3.8, 4) is 17.3 Å². The Bertz CT molecular complexity index is 1490. The Morgan fingerprint density at radius 1 is 0.636 bits per heavy atom. The summed E-state index contributed by atoms with van der Waals surface area (Å²) < 4.78 is 8.02. The maximum absolute atomic E-state index is 6.02. The molecule has 0 aliphatic heterocycles. The van der Waals surface area contributed by atoms with Crippen molar-refractivity contribution in [3.05, 3.63) is 122 Å². The predicted molar refractivity (Wildman–Crippen MR) is 131 cm³/mol. The van der Waals surface area contributed by atoms with Crippen LogP contribution in [0.1, 0.15) is 0 Å². The van der Waals surface area contributed by atoms with E-state index in [1.54, 1.807) is 0 Å². The van der Waals surface area contributed by atoms with Gasteiger partial charge in [0.15, 0.2) is 5.58 Å². The summed E-state index contributed by atoms with van der Waals surface area (Å²) in [6.07, 6.45) is 3.99. The van der Waals surface area contributed by atoms with Crippen LogP contribution >= 0.6 is 0 Å². The van der Waals surface area contributed by atoms with Crippen LogP contribution in [0.4, 0.5) is 17.2 Å². The molecule has 0 radical (unpaired) electrons. The fourth-order valence-electron chi connectivity index (χ4n) is 3.93. The summed E-state index contributed by atoms with van der Waals surface area (Å²) in [7, 11) is 0. The van der Waals surface area contributed by atoms with E-state index in [-0.39, 0.29) is 0 Å². The monoisotopic (exact) mass is 428 g/mol. The van der Waals surface area contributed by atoms with E-state index in [1.165, 1.54) is 0 Å². The van der Waals surface area contributed by atoms with Crippen LogP contribution in [-0.2, 0) is 0 Å². The number of rotatable bonds is 5. The van der Waals surface area contributed by atoms with Crippen molar-refractivity contribution in [2.45, 2.75) is 0 Å². The average molecular weight is 428 g/mol. The van der Waals surface area contributed by atoms with Crippen molar-refractivity contribution in [3.63, 3.8) is 0 Å². The molecule has 0 saturated carbocycles. The summed E-state index contributed by atoms with van der Waals surface area (Å²) in [5, 5.41) is 0. The third-order valence-corrected chi connectivity index (χ3v) is 5.48. The van der Waals surface area contributed by atoms with Gasteiger partial charge in [-0.3, -0.25) is 4.90 Å². The normalized spacial score (nSPS) is 11.0. The topological polar surface area (TPSA) is 47.1 Å². The minimum atomic E-state index is 0.597. The summed E-state index contributed by atoms with van der Waals surface area (Å²) in [5.74, 6) is 2.27. The first-order chi connectivity index (χ1) is 16.3. The van der Waals surface area contributed by atoms with Gasteiger partial charge < -0.3 is 8.98 Å². The maximum Gasteiger partial charge on any atom is 0.227 e. The molecule has 3 aromatic heterocycles. The first-order valence-corrected chi connectivity index (χ1v) is 10.8. The Hall–Kier alpha value is -4.64. The zero-order valence-electron chi connectivity index (χ0n) is 17.7. The Morgan fingerprint density at radius 3 is 2.24 bits per heavy atom. The van der Waals surface area contributed by atoms with Crippen molar-refractivity contribution in [2.75, 3.05) is 4.90 Å². The second-order valence-electron chi connectivity index (χ2n) is 7.65. The van der Waals surface area contributed by atoms with Crippen LogP contribution < -0.4 is 4.90 Å². The number of hydrogen-bond acceptors (Lipinski definition) is 4. The SMILES string of the molecule is c1ccc(N(c2cccc(-c3nc4ccccc4o3)c2)c2cccc(-n3cccc3)n2)cc1. The van der Waals surface area contributed by atoms with Crippen LogP contribution in [0.15, 0.2) is 126 Å². The molecule has 5 heteroatoms. The van der Waals surface area contributed by atoms with Gasteiger partial charge in [-0.05, 0) is 66.7 Å². The highest BCUT2D eigenvalue weighted by Crippen LogP contribution is 2.36. The van der Waals surface area contributed by atoms with E-state index < -0.39 is 0 Å². The fraction of sp³-hybridized carbons (Fsp3) is 0. The largest absolute Gasteiger partial charge is 0.436 e. The molecule has 5 nitrogen and oxygen atoms in total. The molecule has 0 aliphatic carbocycles. The van der Waals surface area contributed by atoms with Gasteiger partial charge in [0.05, 0.1) is 0 Å². The first kappa shape index (κ1) is 19.1. The zero-order valence-corrected chi connectivity index (χ0v) is 17.7. The summed E-state index contributed by atoms with van der Waals surface area (Å²) in [6, 6.07) is 36.3. The highest BCUT2D eigenvalue weighted by atomic mass is 16.3. The number of oxazole rings is 1. The van der Waals surface area contributed by atoms with Crippen molar-refractivity contribution >= 4 is 28.3 Å². The lowest BCUT2D eigenvalue weighted by molar-refractivity contribution is 0.620. The molecule has 0 bridgehead atoms. The van der Waals surface area contributed by atoms with E-state index in [9.17, 15) is 0 Å². The van der Waals surface area contributed by atoms with Crippen LogP contribution in [0.3, 0.4) is 0 Å². The van der Waals surface area contributed by atoms with Crippen molar-refractivity contribution in [2.24, 2.45) is 0 Å². The van der Waals surface area contributed by atoms with Gasteiger partial charge in [0.25, 0.3) is 0 Å². The van der Waals surface area contributed by atoms with Crippen LogP contribution in [0, 0.1) is 0 Å². The zero-order chi connectivity index (χ0) is 22.0. The molecule has 6 rings (SSSR count). The van der Waals surface area contributed by atoms with Crippen LogP contribution in [-0.4, -0.2) is 14.5 Å². The molecule has 3 aromatic carbocycles. The van der Waals surface area contributed by atoms with Crippen molar-refractivity contribution < 1.29 is 4.42 Å². The Kier molecular flexibility index (Phi) is 4.70. The Morgan fingerprint density at radius 2 is 1.39 bits per heavy atom. The lowest BCUT2D eigenvalue weighted by atomic mass is 10.1. The number of hydrogen-bond donors (Lipinski definition) is 0. The van der Waals surface area contributed by atoms with Gasteiger partial charge in [-0.2, -0.15) is 0 Å². The number of fused-ring (bicyclic) bond motifs is 1. The quantitative estimate of drug-likeness (QED) is 0.292. The van der Waals surface area contributed by atoms with E-state index in [0.29, 0.717) is 5.89 Å². The third kappa shape index (κ3) is 3.66. The second kappa shape index (κ2) is 8.13. The highest BCUT2D eigenvalue weighted by molar-refractivity contribution is 5.80. The van der Waals surface area contributed by atoms with Gasteiger partial charge in [0, 0.05) is 29.3 Å². The maximum atomic E-state index is 6.02. The summed E-state index contributed by atoms with van der Waals surface area (Å²) >= 11 is 0. The van der Waals surface area contributed by atoms with E-state index in [1.807, 2.05) is 102 Å². The van der Waals surface area contributed by atoms with Crippen molar-refractivity contribution in [1.29, 1.82) is 0 Å². The highest BCUT2D eigenvalue weighted by Gasteiger charge is 2.16.